The summed E-state index contributed by atoms with van der Waals surface area (Å²) in [6, 6.07) is 7.12. The molecule has 1 saturated heterocycles. The van der Waals surface area contributed by atoms with Crippen molar-refractivity contribution in [2.24, 2.45) is 7.05 Å². The fraction of sp³-hybridized carbons (Fsp3) is 0.364. The summed E-state index contributed by atoms with van der Waals surface area (Å²) in [6.45, 7) is 1.29. The number of amides is 2. The standard InChI is InChI=1S/C22H22FN3O3S/c1-24-6-3-4-16(24)15-11-14(23)12-17-19(15)21(30-2)20-13(5-7-25(17)20)10-18(27)26-8-9-29-22(26)28/h3-4,6,11-13H,5,7-10H2,1-2H3. The van der Waals surface area contributed by atoms with Crippen molar-refractivity contribution in [3.05, 3.63) is 42.0 Å². The average Bonchev–Trinajstić information content (AvgIpc) is 3.47. The van der Waals surface area contributed by atoms with Crippen molar-refractivity contribution in [1.29, 1.82) is 0 Å². The van der Waals surface area contributed by atoms with Gasteiger partial charge in [0.1, 0.15) is 12.4 Å². The molecule has 30 heavy (non-hydrogen) atoms. The molecule has 3 aromatic rings. The molecule has 0 spiro atoms. The third-order valence-corrected chi connectivity index (χ3v) is 6.94. The van der Waals surface area contributed by atoms with E-state index < -0.39 is 6.09 Å². The van der Waals surface area contributed by atoms with Crippen LogP contribution in [0.25, 0.3) is 22.2 Å². The van der Waals surface area contributed by atoms with Gasteiger partial charge in [-0.15, -0.1) is 11.8 Å². The average molecular weight is 428 g/mol. The molecule has 2 aliphatic heterocycles. The van der Waals surface area contributed by atoms with Crippen LogP contribution in [-0.2, 0) is 23.1 Å². The number of ether oxygens (including phenoxy) is 1. The van der Waals surface area contributed by atoms with Gasteiger partial charge in [0, 0.05) is 59.4 Å². The van der Waals surface area contributed by atoms with Crippen LogP contribution in [0.1, 0.15) is 24.5 Å². The van der Waals surface area contributed by atoms with E-state index in [1.165, 1.54) is 4.90 Å². The maximum absolute atomic E-state index is 14.6. The van der Waals surface area contributed by atoms with Crippen LogP contribution in [0.15, 0.2) is 35.4 Å². The van der Waals surface area contributed by atoms with Crippen LogP contribution in [0.5, 0.6) is 0 Å². The first kappa shape index (κ1) is 19.2. The third kappa shape index (κ3) is 2.85. The number of aryl methyl sites for hydroxylation is 2. The molecule has 1 fully saturated rings. The summed E-state index contributed by atoms with van der Waals surface area (Å²) in [5, 5.41) is 1.03. The summed E-state index contributed by atoms with van der Waals surface area (Å²) < 4.78 is 23.7. The van der Waals surface area contributed by atoms with E-state index in [4.69, 9.17) is 4.74 Å². The summed E-state index contributed by atoms with van der Waals surface area (Å²) in [4.78, 5) is 26.8. The van der Waals surface area contributed by atoms with Crippen LogP contribution in [-0.4, -0.2) is 45.4 Å². The number of nitrogens with zero attached hydrogens (tertiary/aromatic N) is 3. The van der Waals surface area contributed by atoms with Gasteiger partial charge in [-0.25, -0.2) is 14.1 Å². The topological polar surface area (TPSA) is 56.5 Å². The van der Waals surface area contributed by atoms with E-state index >= 15 is 0 Å². The van der Waals surface area contributed by atoms with Crippen molar-refractivity contribution in [2.75, 3.05) is 19.4 Å². The van der Waals surface area contributed by atoms with Crippen LogP contribution in [0.4, 0.5) is 9.18 Å². The van der Waals surface area contributed by atoms with Crippen molar-refractivity contribution >= 4 is 34.7 Å². The van der Waals surface area contributed by atoms with Gasteiger partial charge in [0.05, 0.1) is 12.1 Å². The molecule has 0 N–H and O–H groups in total. The summed E-state index contributed by atoms with van der Waals surface area (Å²) in [7, 11) is 1.95. The number of aromatic nitrogens is 2. The predicted molar refractivity (Wildman–Crippen MR) is 113 cm³/mol. The molecule has 5 rings (SSSR count). The highest BCUT2D eigenvalue weighted by Crippen LogP contribution is 2.47. The van der Waals surface area contributed by atoms with E-state index in [2.05, 4.69) is 4.57 Å². The predicted octanol–water partition coefficient (Wildman–Crippen LogP) is 4.36. The Kier molecular flexibility index (Phi) is 4.61. The fourth-order valence-electron chi connectivity index (χ4n) is 4.78. The van der Waals surface area contributed by atoms with Crippen molar-refractivity contribution in [3.8, 4) is 11.3 Å². The zero-order valence-electron chi connectivity index (χ0n) is 16.9. The van der Waals surface area contributed by atoms with E-state index in [0.29, 0.717) is 6.54 Å². The van der Waals surface area contributed by atoms with Gasteiger partial charge in [0.15, 0.2) is 0 Å². The second-order valence-corrected chi connectivity index (χ2v) is 8.59. The van der Waals surface area contributed by atoms with Gasteiger partial charge in [-0.2, -0.15) is 0 Å². The Morgan fingerprint density at radius 3 is 2.83 bits per heavy atom. The highest BCUT2D eigenvalue weighted by atomic mass is 32.2. The highest BCUT2D eigenvalue weighted by molar-refractivity contribution is 7.98. The molecule has 0 bridgehead atoms. The number of thioether (sulfide) groups is 1. The third-order valence-electron chi connectivity index (χ3n) is 6.12. The lowest BCUT2D eigenvalue weighted by Crippen LogP contribution is -2.32. The molecule has 0 radical (unpaired) electrons. The van der Waals surface area contributed by atoms with Gasteiger partial charge in [0.2, 0.25) is 5.91 Å². The van der Waals surface area contributed by atoms with Crippen molar-refractivity contribution in [3.63, 3.8) is 0 Å². The smallest absolute Gasteiger partial charge is 0.416 e. The molecule has 0 saturated carbocycles. The monoisotopic (exact) mass is 427 g/mol. The molecule has 6 nitrogen and oxygen atoms in total. The number of imide groups is 1. The highest BCUT2D eigenvalue weighted by Gasteiger charge is 2.36. The van der Waals surface area contributed by atoms with E-state index in [-0.39, 0.29) is 30.7 Å². The largest absolute Gasteiger partial charge is 0.447 e. The molecule has 1 unspecified atom stereocenters. The van der Waals surface area contributed by atoms with Crippen LogP contribution in [0, 0.1) is 5.82 Å². The number of halogens is 1. The summed E-state index contributed by atoms with van der Waals surface area (Å²) in [5.41, 5.74) is 3.74. The lowest BCUT2D eigenvalue weighted by atomic mass is 9.98. The van der Waals surface area contributed by atoms with Crippen molar-refractivity contribution in [2.45, 2.75) is 30.2 Å². The van der Waals surface area contributed by atoms with Gasteiger partial charge >= 0.3 is 6.09 Å². The first-order chi connectivity index (χ1) is 14.5. The van der Waals surface area contributed by atoms with Gasteiger partial charge < -0.3 is 13.9 Å². The molecule has 2 amide bonds. The Morgan fingerprint density at radius 1 is 1.33 bits per heavy atom. The van der Waals surface area contributed by atoms with E-state index in [1.807, 2.05) is 36.2 Å². The molecule has 1 aromatic carbocycles. The molecule has 8 heteroatoms. The number of carbonyl (C=O) groups is 2. The quantitative estimate of drug-likeness (QED) is 0.581. The van der Waals surface area contributed by atoms with Gasteiger partial charge in [-0.05, 0) is 36.9 Å². The molecule has 2 aromatic heterocycles. The molecule has 1 atom stereocenters. The molecule has 156 valence electrons. The van der Waals surface area contributed by atoms with Crippen LogP contribution in [0.3, 0.4) is 0 Å². The zero-order chi connectivity index (χ0) is 21.0. The molecule has 0 aliphatic carbocycles. The van der Waals surface area contributed by atoms with Crippen molar-refractivity contribution < 1.29 is 18.7 Å². The minimum Gasteiger partial charge on any atom is -0.447 e. The van der Waals surface area contributed by atoms with E-state index in [1.54, 1.807) is 23.9 Å². The molecule has 2 aliphatic rings. The Hall–Kier alpha value is -2.74. The summed E-state index contributed by atoms with van der Waals surface area (Å²) >= 11 is 1.63. The summed E-state index contributed by atoms with van der Waals surface area (Å²) in [5.74, 6) is -0.488. The van der Waals surface area contributed by atoms with Gasteiger partial charge in [0.25, 0.3) is 0 Å². The number of rotatable bonds is 4. The van der Waals surface area contributed by atoms with Crippen LogP contribution in [0.2, 0.25) is 0 Å². The first-order valence-electron chi connectivity index (χ1n) is 9.98. The minimum absolute atomic E-state index is 0.00919. The van der Waals surface area contributed by atoms with Gasteiger partial charge in [-0.3, -0.25) is 4.79 Å². The number of benzene rings is 1. The Morgan fingerprint density at radius 2 is 2.17 bits per heavy atom. The second-order valence-electron chi connectivity index (χ2n) is 7.77. The van der Waals surface area contributed by atoms with E-state index in [0.717, 1.165) is 45.7 Å². The Bertz CT molecular complexity index is 1180. The minimum atomic E-state index is -0.559. The molecule has 4 heterocycles. The lowest BCUT2D eigenvalue weighted by molar-refractivity contribution is -0.128. The Labute approximate surface area is 177 Å². The molecular formula is C22H22FN3O3S. The Balaban J connectivity index is 1.62. The zero-order valence-corrected chi connectivity index (χ0v) is 17.7. The maximum atomic E-state index is 14.6. The van der Waals surface area contributed by atoms with Gasteiger partial charge in [-0.1, -0.05) is 0 Å². The number of hydrogen-bond donors (Lipinski definition) is 0. The molecular weight excluding hydrogens is 405 g/mol. The van der Waals surface area contributed by atoms with E-state index in [9.17, 15) is 14.0 Å². The number of cyclic esters (lactones) is 1. The normalized spacial score (nSPS) is 18.3. The first-order valence-corrected chi connectivity index (χ1v) is 11.2. The maximum Gasteiger partial charge on any atom is 0.416 e. The lowest BCUT2D eigenvalue weighted by Gasteiger charge is -2.15. The number of fused-ring (bicyclic) bond motifs is 3. The SMILES string of the molecule is CSc1c2n(c3cc(F)cc(-c4cccn4C)c13)CCC2CC(=O)N1CCOC1=O. The van der Waals surface area contributed by atoms with Crippen LogP contribution < -0.4 is 0 Å². The van der Waals surface area contributed by atoms with Crippen LogP contribution >= 0.6 is 11.8 Å². The van der Waals surface area contributed by atoms with Crippen molar-refractivity contribution in [1.82, 2.24) is 14.0 Å². The summed E-state index contributed by atoms with van der Waals surface area (Å²) in [6.07, 6.45) is 4.45. The fourth-order valence-corrected chi connectivity index (χ4v) is 5.69. The second kappa shape index (κ2) is 7.19. The number of hydrogen-bond acceptors (Lipinski definition) is 4. The number of carbonyl (C=O) groups excluding carboxylic acids is 2.